The lowest BCUT2D eigenvalue weighted by atomic mass is 10.0. The number of likely N-dealkylation sites (N-methyl/N-ethyl adjacent to an activating group) is 1. The van der Waals surface area contributed by atoms with Gasteiger partial charge in [0.2, 0.25) is 0 Å². The topological polar surface area (TPSA) is 35.5 Å². The van der Waals surface area contributed by atoms with Crippen molar-refractivity contribution in [2.24, 2.45) is 5.92 Å². The molecule has 0 radical (unpaired) electrons. The molecule has 1 rings (SSSR count). The highest BCUT2D eigenvalue weighted by Crippen LogP contribution is 2.34. The van der Waals surface area contributed by atoms with Crippen molar-refractivity contribution in [3.05, 3.63) is 0 Å². The molecule has 1 fully saturated rings. The Morgan fingerprint density at radius 1 is 1.38 bits per heavy atom. The van der Waals surface area contributed by atoms with Crippen molar-refractivity contribution < 1.29 is 5.11 Å². The summed E-state index contributed by atoms with van der Waals surface area (Å²) in [6.45, 7) is 9.73. The Bertz CT molecular complexity index is 216. The lowest BCUT2D eigenvalue weighted by molar-refractivity contribution is 0.103. The van der Waals surface area contributed by atoms with Gasteiger partial charge < -0.3 is 15.3 Å². The van der Waals surface area contributed by atoms with Crippen LogP contribution in [0.5, 0.6) is 0 Å². The molecule has 96 valence electrons. The van der Waals surface area contributed by atoms with Crippen LogP contribution in [-0.4, -0.2) is 47.8 Å². The summed E-state index contributed by atoms with van der Waals surface area (Å²) in [5, 5.41) is 13.0. The number of nitrogens with zero attached hydrogens (tertiary/aromatic N) is 1. The second-order valence-electron chi connectivity index (χ2n) is 6.01. The highest BCUT2D eigenvalue weighted by atomic mass is 16.3. The minimum atomic E-state index is -0.188. The third-order valence-electron chi connectivity index (χ3n) is 3.58. The molecule has 1 aliphatic rings. The van der Waals surface area contributed by atoms with Gasteiger partial charge in [-0.3, -0.25) is 0 Å². The van der Waals surface area contributed by atoms with Crippen LogP contribution in [0.3, 0.4) is 0 Å². The quantitative estimate of drug-likeness (QED) is 0.692. The van der Waals surface area contributed by atoms with Gasteiger partial charge >= 0.3 is 0 Å². The van der Waals surface area contributed by atoms with E-state index in [9.17, 15) is 5.11 Å². The normalized spacial score (nSPS) is 22.5. The first-order chi connectivity index (χ1) is 7.38. The first kappa shape index (κ1) is 13.9. The molecule has 0 aromatic heterocycles. The van der Waals surface area contributed by atoms with E-state index in [0.29, 0.717) is 12.1 Å². The largest absolute Gasteiger partial charge is 0.394 e. The lowest BCUT2D eigenvalue weighted by Gasteiger charge is -2.37. The smallest absolute Gasteiger partial charge is 0.0623 e. The van der Waals surface area contributed by atoms with Crippen molar-refractivity contribution in [1.82, 2.24) is 10.2 Å². The number of nitrogens with one attached hydrogen (secondary N) is 1. The van der Waals surface area contributed by atoms with Gasteiger partial charge in [0.15, 0.2) is 0 Å². The maximum atomic E-state index is 9.53. The lowest BCUT2D eigenvalue weighted by Crippen LogP contribution is -2.57. The summed E-state index contributed by atoms with van der Waals surface area (Å²) in [6.07, 6.45) is 2.75. The van der Waals surface area contributed by atoms with E-state index in [-0.39, 0.29) is 12.1 Å². The van der Waals surface area contributed by atoms with E-state index in [1.165, 1.54) is 12.8 Å². The van der Waals surface area contributed by atoms with E-state index >= 15 is 0 Å². The molecule has 0 bridgehead atoms. The Morgan fingerprint density at radius 2 is 1.94 bits per heavy atom. The molecular formula is C13H28N2O. The predicted molar refractivity (Wildman–Crippen MR) is 68.6 cm³/mol. The van der Waals surface area contributed by atoms with Crippen molar-refractivity contribution >= 4 is 0 Å². The summed E-state index contributed by atoms with van der Waals surface area (Å²) in [5.74, 6) is 0.881. The van der Waals surface area contributed by atoms with Gasteiger partial charge in [-0.05, 0) is 39.7 Å². The average Bonchev–Trinajstić information content (AvgIpc) is 2.98. The molecule has 2 unspecified atom stereocenters. The molecule has 0 aromatic carbocycles. The molecule has 0 heterocycles. The van der Waals surface area contributed by atoms with E-state index in [1.807, 2.05) is 0 Å². The molecular weight excluding hydrogens is 200 g/mol. The molecule has 0 saturated heterocycles. The van der Waals surface area contributed by atoms with E-state index in [1.54, 1.807) is 0 Å². The number of aliphatic hydroxyl groups is 1. The molecule has 1 saturated carbocycles. The zero-order chi connectivity index (χ0) is 12.3. The Hall–Kier alpha value is -0.120. The van der Waals surface area contributed by atoms with Gasteiger partial charge in [-0.1, -0.05) is 13.8 Å². The zero-order valence-electron chi connectivity index (χ0n) is 11.5. The zero-order valence-corrected chi connectivity index (χ0v) is 11.5. The minimum absolute atomic E-state index is 0.187. The minimum Gasteiger partial charge on any atom is -0.394 e. The van der Waals surface area contributed by atoms with Crippen LogP contribution >= 0.6 is 0 Å². The molecule has 2 atom stereocenters. The number of rotatable bonds is 7. The summed E-state index contributed by atoms with van der Waals surface area (Å²) < 4.78 is 0. The summed E-state index contributed by atoms with van der Waals surface area (Å²) in [6, 6.07) is 1.04. The van der Waals surface area contributed by atoms with Crippen molar-refractivity contribution in [3.63, 3.8) is 0 Å². The van der Waals surface area contributed by atoms with Gasteiger partial charge in [0.1, 0.15) is 0 Å². The van der Waals surface area contributed by atoms with Crippen molar-refractivity contribution in [1.29, 1.82) is 0 Å². The third kappa shape index (κ3) is 4.04. The third-order valence-corrected chi connectivity index (χ3v) is 3.58. The van der Waals surface area contributed by atoms with Gasteiger partial charge in [0.05, 0.1) is 12.1 Å². The van der Waals surface area contributed by atoms with E-state index in [4.69, 9.17) is 0 Å². The van der Waals surface area contributed by atoms with Crippen LogP contribution in [-0.2, 0) is 0 Å². The van der Waals surface area contributed by atoms with E-state index in [2.05, 4.69) is 45.0 Å². The van der Waals surface area contributed by atoms with Crippen LogP contribution in [0, 0.1) is 5.92 Å². The average molecular weight is 228 g/mol. The Balaban J connectivity index is 2.46. The molecule has 0 aromatic rings. The fourth-order valence-electron chi connectivity index (χ4n) is 2.47. The van der Waals surface area contributed by atoms with Gasteiger partial charge in [-0.2, -0.15) is 0 Å². The van der Waals surface area contributed by atoms with Crippen molar-refractivity contribution in [2.75, 3.05) is 20.2 Å². The van der Waals surface area contributed by atoms with Crippen molar-refractivity contribution in [2.45, 2.75) is 58.2 Å². The number of aliphatic hydroxyl groups excluding tert-OH is 1. The fourth-order valence-corrected chi connectivity index (χ4v) is 2.47. The first-order valence-electron chi connectivity index (χ1n) is 6.47. The summed E-state index contributed by atoms with van der Waals surface area (Å²) in [5.41, 5.74) is -0.188. The van der Waals surface area contributed by atoms with Gasteiger partial charge in [0, 0.05) is 18.6 Å². The highest BCUT2D eigenvalue weighted by Gasteiger charge is 2.34. The van der Waals surface area contributed by atoms with Crippen LogP contribution in [0.2, 0.25) is 0 Å². The summed E-state index contributed by atoms with van der Waals surface area (Å²) >= 11 is 0. The fraction of sp³-hybridized carbons (Fsp3) is 1.00. The van der Waals surface area contributed by atoms with Crippen LogP contribution in [0.25, 0.3) is 0 Å². The first-order valence-corrected chi connectivity index (χ1v) is 6.47. The Morgan fingerprint density at radius 3 is 2.31 bits per heavy atom. The molecule has 1 aliphatic carbocycles. The molecule has 0 aliphatic heterocycles. The van der Waals surface area contributed by atoms with E-state index < -0.39 is 0 Å². The maximum Gasteiger partial charge on any atom is 0.0623 e. The SMILES string of the molecule is CC(C)NC(C)(CO)CN(C)C(C)C1CC1. The van der Waals surface area contributed by atoms with Crippen LogP contribution in [0.15, 0.2) is 0 Å². The van der Waals surface area contributed by atoms with Crippen LogP contribution in [0.4, 0.5) is 0 Å². The molecule has 3 nitrogen and oxygen atoms in total. The molecule has 0 spiro atoms. The van der Waals surface area contributed by atoms with E-state index in [0.717, 1.165) is 12.5 Å². The molecule has 2 N–H and O–H groups in total. The summed E-state index contributed by atoms with van der Waals surface area (Å²) in [4.78, 5) is 2.38. The maximum absolute atomic E-state index is 9.53. The van der Waals surface area contributed by atoms with Gasteiger partial charge in [-0.25, -0.2) is 0 Å². The number of hydrogen-bond acceptors (Lipinski definition) is 3. The Labute approximate surface area is 100 Å². The molecule has 3 heteroatoms. The number of hydrogen-bond donors (Lipinski definition) is 2. The van der Waals surface area contributed by atoms with Gasteiger partial charge in [0.25, 0.3) is 0 Å². The van der Waals surface area contributed by atoms with Crippen LogP contribution in [0.1, 0.15) is 40.5 Å². The van der Waals surface area contributed by atoms with Crippen LogP contribution < -0.4 is 5.32 Å². The molecule has 16 heavy (non-hydrogen) atoms. The predicted octanol–water partition coefficient (Wildman–Crippen LogP) is 1.47. The standard InChI is InChI=1S/C13H28N2O/c1-10(2)14-13(4,9-16)8-15(5)11(3)12-6-7-12/h10-12,14,16H,6-9H2,1-5H3. The monoisotopic (exact) mass is 228 g/mol. The second-order valence-corrected chi connectivity index (χ2v) is 6.01. The molecule has 0 amide bonds. The second kappa shape index (κ2) is 5.48. The summed E-state index contributed by atoms with van der Waals surface area (Å²) in [7, 11) is 2.17. The Kier molecular flexibility index (Phi) is 4.77. The highest BCUT2D eigenvalue weighted by molar-refractivity contribution is 4.91. The van der Waals surface area contributed by atoms with Gasteiger partial charge in [-0.15, -0.1) is 0 Å². The van der Waals surface area contributed by atoms with Crippen molar-refractivity contribution in [3.8, 4) is 0 Å².